The van der Waals surface area contributed by atoms with E-state index in [4.69, 9.17) is 4.74 Å². The third-order valence-electron chi connectivity index (χ3n) is 5.52. The second-order valence-corrected chi connectivity index (χ2v) is 6.99. The van der Waals surface area contributed by atoms with Crippen LogP contribution in [0.5, 0.6) is 0 Å². The standard InChI is InChI=1S/C19H28N2O2/c1-23-14-19(10-12-20-13-11-19)18(22)21-17-9-5-8-16(17)15-6-3-2-4-7-15/h2-4,6-7,16-17,20H,5,8-14H2,1H3,(H,21,22). The van der Waals surface area contributed by atoms with E-state index in [0.717, 1.165) is 38.8 Å². The maximum absolute atomic E-state index is 13.0. The van der Waals surface area contributed by atoms with Crippen molar-refractivity contribution in [2.24, 2.45) is 5.41 Å². The Labute approximate surface area is 139 Å². The maximum Gasteiger partial charge on any atom is 0.228 e. The lowest BCUT2D eigenvalue weighted by Crippen LogP contribution is -2.52. The third kappa shape index (κ3) is 3.59. The van der Waals surface area contributed by atoms with E-state index >= 15 is 0 Å². The average Bonchev–Trinajstić information content (AvgIpc) is 3.05. The van der Waals surface area contributed by atoms with E-state index in [1.807, 2.05) is 0 Å². The fraction of sp³-hybridized carbons (Fsp3) is 0.632. The molecule has 2 N–H and O–H groups in total. The number of amides is 1. The lowest BCUT2D eigenvalue weighted by molar-refractivity contribution is -0.137. The highest BCUT2D eigenvalue weighted by molar-refractivity contribution is 5.83. The highest BCUT2D eigenvalue weighted by atomic mass is 16.5. The van der Waals surface area contributed by atoms with Gasteiger partial charge in [0, 0.05) is 19.1 Å². The second kappa shape index (κ2) is 7.45. The number of nitrogens with one attached hydrogen (secondary N) is 2. The normalized spacial score (nSPS) is 26.8. The Hall–Kier alpha value is -1.39. The second-order valence-electron chi connectivity index (χ2n) is 6.99. The molecule has 126 valence electrons. The number of carbonyl (C=O) groups is 1. The first-order chi connectivity index (χ1) is 11.2. The lowest BCUT2D eigenvalue weighted by Gasteiger charge is -2.37. The number of hydrogen-bond acceptors (Lipinski definition) is 3. The monoisotopic (exact) mass is 316 g/mol. The van der Waals surface area contributed by atoms with Gasteiger partial charge in [-0.05, 0) is 44.3 Å². The van der Waals surface area contributed by atoms with Crippen LogP contribution in [-0.2, 0) is 9.53 Å². The van der Waals surface area contributed by atoms with Crippen LogP contribution < -0.4 is 10.6 Å². The van der Waals surface area contributed by atoms with E-state index in [9.17, 15) is 4.79 Å². The molecular formula is C19H28N2O2. The quantitative estimate of drug-likeness (QED) is 0.877. The number of hydrogen-bond donors (Lipinski definition) is 2. The maximum atomic E-state index is 13.0. The summed E-state index contributed by atoms with van der Waals surface area (Å²) in [6.45, 7) is 2.30. The molecule has 1 amide bonds. The van der Waals surface area contributed by atoms with Gasteiger partial charge in [-0.15, -0.1) is 0 Å². The van der Waals surface area contributed by atoms with Crippen molar-refractivity contribution >= 4 is 5.91 Å². The first kappa shape index (κ1) is 16.5. The number of piperidine rings is 1. The summed E-state index contributed by atoms with van der Waals surface area (Å²) >= 11 is 0. The molecule has 1 saturated heterocycles. The number of ether oxygens (including phenoxy) is 1. The van der Waals surface area contributed by atoms with Crippen molar-refractivity contribution in [1.82, 2.24) is 10.6 Å². The summed E-state index contributed by atoms with van der Waals surface area (Å²) < 4.78 is 5.39. The molecule has 0 radical (unpaired) electrons. The third-order valence-corrected chi connectivity index (χ3v) is 5.52. The van der Waals surface area contributed by atoms with Crippen molar-refractivity contribution in [2.45, 2.75) is 44.1 Å². The fourth-order valence-corrected chi connectivity index (χ4v) is 4.17. The molecule has 2 fully saturated rings. The molecule has 1 saturated carbocycles. The molecule has 1 heterocycles. The van der Waals surface area contributed by atoms with Crippen molar-refractivity contribution in [1.29, 1.82) is 0 Å². The Balaban J connectivity index is 1.70. The van der Waals surface area contributed by atoms with Gasteiger partial charge in [0.25, 0.3) is 0 Å². The van der Waals surface area contributed by atoms with Crippen LogP contribution in [0, 0.1) is 5.41 Å². The van der Waals surface area contributed by atoms with E-state index in [1.54, 1.807) is 7.11 Å². The Morgan fingerprint density at radius 1 is 1.26 bits per heavy atom. The summed E-state index contributed by atoms with van der Waals surface area (Å²) in [5, 5.41) is 6.72. The van der Waals surface area contributed by atoms with Gasteiger partial charge in [-0.3, -0.25) is 4.79 Å². The highest BCUT2D eigenvalue weighted by Crippen LogP contribution is 2.36. The lowest BCUT2D eigenvalue weighted by atomic mass is 9.78. The number of methoxy groups -OCH3 is 1. The van der Waals surface area contributed by atoms with Gasteiger partial charge < -0.3 is 15.4 Å². The molecule has 0 bridgehead atoms. The van der Waals surface area contributed by atoms with Gasteiger partial charge in [0.05, 0.1) is 12.0 Å². The molecule has 4 heteroatoms. The first-order valence-corrected chi connectivity index (χ1v) is 8.81. The van der Waals surface area contributed by atoms with Crippen molar-refractivity contribution in [3.8, 4) is 0 Å². The van der Waals surface area contributed by atoms with Gasteiger partial charge in [-0.1, -0.05) is 36.8 Å². The zero-order chi connectivity index (χ0) is 16.1. The van der Waals surface area contributed by atoms with Crippen LogP contribution >= 0.6 is 0 Å². The summed E-state index contributed by atoms with van der Waals surface area (Å²) in [5.41, 5.74) is 0.991. The highest BCUT2D eigenvalue weighted by Gasteiger charge is 2.41. The number of rotatable bonds is 5. The van der Waals surface area contributed by atoms with E-state index < -0.39 is 0 Å². The topological polar surface area (TPSA) is 50.4 Å². The molecule has 1 aliphatic heterocycles. The van der Waals surface area contributed by atoms with Crippen LogP contribution in [0.25, 0.3) is 0 Å². The zero-order valence-electron chi connectivity index (χ0n) is 14.0. The van der Waals surface area contributed by atoms with Gasteiger partial charge in [-0.25, -0.2) is 0 Å². The van der Waals surface area contributed by atoms with E-state index in [-0.39, 0.29) is 17.4 Å². The Morgan fingerprint density at radius 2 is 2.00 bits per heavy atom. The predicted molar refractivity (Wildman–Crippen MR) is 91.4 cm³/mol. The minimum atomic E-state index is -0.357. The molecule has 1 aliphatic carbocycles. The first-order valence-electron chi connectivity index (χ1n) is 8.81. The van der Waals surface area contributed by atoms with Crippen molar-refractivity contribution < 1.29 is 9.53 Å². The van der Waals surface area contributed by atoms with E-state index in [2.05, 4.69) is 41.0 Å². The Kier molecular flexibility index (Phi) is 5.34. The van der Waals surface area contributed by atoms with Gasteiger partial charge in [0.2, 0.25) is 5.91 Å². The van der Waals surface area contributed by atoms with Crippen LogP contribution in [0.4, 0.5) is 0 Å². The minimum Gasteiger partial charge on any atom is -0.384 e. The van der Waals surface area contributed by atoms with Crippen LogP contribution in [0.2, 0.25) is 0 Å². The largest absolute Gasteiger partial charge is 0.384 e. The predicted octanol–water partition coefficient (Wildman–Crippen LogP) is 2.46. The Bertz CT molecular complexity index is 506. The molecule has 23 heavy (non-hydrogen) atoms. The molecule has 2 unspecified atom stereocenters. The summed E-state index contributed by atoms with van der Waals surface area (Å²) in [4.78, 5) is 13.0. The molecule has 0 spiro atoms. The summed E-state index contributed by atoms with van der Waals surface area (Å²) in [6.07, 6.45) is 5.13. The molecule has 2 atom stereocenters. The summed E-state index contributed by atoms with van der Waals surface area (Å²) in [7, 11) is 1.69. The summed E-state index contributed by atoms with van der Waals surface area (Å²) in [6, 6.07) is 10.9. The van der Waals surface area contributed by atoms with Crippen LogP contribution in [-0.4, -0.2) is 38.8 Å². The van der Waals surface area contributed by atoms with Crippen LogP contribution in [0.15, 0.2) is 30.3 Å². The summed E-state index contributed by atoms with van der Waals surface area (Å²) in [5.74, 6) is 0.634. The SMILES string of the molecule is COCC1(C(=O)NC2CCCC2c2ccccc2)CCNCC1. The number of carbonyl (C=O) groups excluding carboxylic acids is 1. The Morgan fingerprint density at radius 3 is 2.70 bits per heavy atom. The van der Waals surface area contributed by atoms with Crippen LogP contribution in [0.3, 0.4) is 0 Å². The van der Waals surface area contributed by atoms with Crippen molar-refractivity contribution in [3.05, 3.63) is 35.9 Å². The fourth-order valence-electron chi connectivity index (χ4n) is 4.17. The van der Waals surface area contributed by atoms with Gasteiger partial charge in [-0.2, -0.15) is 0 Å². The van der Waals surface area contributed by atoms with Crippen LogP contribution in [0.1, 0.15) is 43.6 Å². The number of benzene rings is 1. The zero-order valence-corrected chi connectivity index (χ0v) is 14.0. The van der Waals surface area contributed by atoms with Gasteiger partial charge >= 0.3 is 0 Å². The molecule has 2 aliphatic rings. The smallest absolute Gasteiger partial charge is 0.228 e. The molecule has 1 aromatic rings. The minimum absolute atomic E-state index is 0.189. The average molecular weight is 316 g/mol. The van der Waals surface area contributed by atoms with Gasteiger partial charge in [0.1, 0.15) is 0 Å². The molecule has 3 rings (SSSR count). The molecule has 4 nitrogen and oxygen atoms in total. The molecular weight excluding hydrogens is 288 g/mol. The van der Waals surface area contributed by atoms with Gasteiger partial charge in [0.15, 0.2) is 0 Å². The van der Waals surface area contributed by atoms with E-state index in [0.29, 0.717) is 12.5 Å². The van der Waals surface area contributed by atoms with Crippen molar-refractivity contribution in [2.75, 3.05) is 26.8 Å². The molecule has 0 aromatic heterocycles. The van der Waals surface area contributed by atoms with E-state index in [1.165, 1.54) is 12.0 Å². The molecule has 1 aromatic carbocycles. The van der Waals surface area contributed by atoms with Crippen molar-refractivity contribution in [3.63, 3.8) is 0 Å².